The van der Waals surface area contributed by atoms with Crippen molar-refractivity contribution in [3.05, 3.63) is 64.2 Å². The number of nitrogens with one attached hydrogen (secondary N) is 1. The average molecular weight is 349 g/mol. The molecule has 3 nitrogen and oxygen atoms in total. The van der Waals surface area contributed by atoms with Gasteiger partial charge in [-0.15, -0.1) is 11.8 Å². The summed E-state index contributed by atoms with van der Waals surface area (Å²) >= 11 is 7.41. The number of Topliss-reactive ketones (excluding diaryl/α,β-unsaturated/α-hetero) is 1. The van der Waals surface area contributed by atoms with Gasteiger partial charge >= 0.3 is 0 Å². The highest BCUT2D eigenvalue weighted by molar-refractivity contribution is 7.99. The molecular formula is C17H14ClFN2OS. The van der Waals surface area contributed by atoms with E-state index in [0.29, 0.717) is 27.7 Å². The Kier molecular flexibility index (Phi) is 4.68. The fourth-order valence-electron chi connectivity index (χ4n) is 2.24. The third-order valence-corrected chi connectivity index (χ3v) is 4.62. The van der Waals surface area contributed by atoms with Gasteiger partial charge in [0.2, 0.25) is 0 Å². The van der Waals surface area contributed by atoms with Crippen LogP contribution in [0, 0.1) is 12.7 Å². The molecule has 3 rings (SSSR count). The molecule has 1 N–H and O–H groups in total. The highest BCUT2D eigenvalue weighted by Gasteiger charge is 2.09. The SMILES string of the molecule is Cc1cc(C(=O)CSCc2nc3ccc(Cl)cc3[nH]2)ccc1F. The molecule has 0 fully saturated rings. The van der Waals surface area contributed by atoms with E-state index < -0.39 is 0 Å². The highest BCUT2D eigenvalue weighted by atomic mass is 35.5. The van der Waals surface area contributed by atoms with Crippen molar-refractivity contribution < 1.29 is 9.18 Å². The monoisotopic (exact) mass is 348 g/mol. The van der Waals surface area contributed by atoms with E-state index in [0.717, 1.165) is 16.9 Å². The zero-order valence-corrected chi connectivity index (χ0v) is 14.0. The number of aryl methyl sites for hydroxylation is 1. The number of hydrogen-bond acceptors (Lipinski definition) is 3. The largest absolute Gasteiger partial charge is 0.341 e. The summed E-state index contributed by atoms with van der Waals surface area (Å²) in [4.78, 5) is 19.8. The number of benzene rings is 2. The van der Waals surface area contributed by atoms with Gasteiger partial charge in [0.05, 0.1) is 22.5 Å². The first kappa shape index (κ1) is 16.0. The zero-order valence-electron chi connectivity index (χ0n) is 12.4. The third kappa shape index (κ3) is 3.74. The van der Waals surface area contributed by atoms with Crippen molar-refractivity contribution >= 4 is 40.2 Å². The molecule has 0 saturated carbocycles. The number of imidazole rings is 1. The topological polar surface area (TPSA) is 45.8 Å². The molecule has 118 valence electrons. The maximum Gasteiger partial charge on any atom is 0.172 e. The first-order valence-corrected chi connectivity index (χ1v) is 8.57. The van der Waals surface area contributed by atoms with Crippen LogP contribution in [0.1, 0.15) is 21.7 Å². The molecule has 1 heterocycles. The summed E-state index contributed by atoms with van der Waals surface area (Å²) in [5.74, 6) is 1.41. The number of nitrogens with zero attached hydrogens (tertiary/aromatic N) is 1. The molecule has 6 heteroatoms. The first-order valence-electron chi connectivity index (χ1n) is 7.04. The molecule has 0 aliphatic carbocycles. The van der Waals surface area contributed by atoms with Crippen LogP contribution in [0.3, 0.4) is 0 Å². The number of halogens is 2. The van der Waals surface area contributed by atoms with E-state index in [4.69, 9.17) is 11.6 Å². The fourth-order valence-corrected chi connectivity index (χ4v) is 3.20. The second kappa shape index (κ2) is 6.72. The average Bonchev–Trinajstić information content (AvgIpc) is 2.91. The quantitative estimate of drug-likeness (QED) is 0.675. The lowest BCUT2D eigenvalue weighted by Crippen LogP contribution is -2.04. The van der Waals surface area contributed by atoms with Crippen LogP contribution in [0.25, 0.3) is 11.0 Å². The van der Waals surface area contributed by atoms with Crippen molar-refractivity contribution in [1.29, 1.82) is 0 Å². The van der Waals surface area contributed by atoms with Crippen molar-refractivity contribution in [1.82, 2.24) is 9.97 Å². The Hall–Kier alpha value is -1.85. The number of fused-ring (bicyclic) bond motifs is 1. The summed E-state index contributed by atoms with van der Waals surface area (Å²) in [7, 11) is 0. The summed E-state index contributed by atoms with van der Waals surface area (Å²) in [6.07, 6.45) is 0. The molecule has 0 saturated heterocycles. The molecule has 3 aromatic rings. The lowest BCUT2D eigenvalue weighted by atomic mass is 10.1. The lowest BCUT2D eigenvalue weighted by molar-refractivity contribution is 0.102. The predicted molar refractivity (Wildman–Crippen MR) is 92.7 cm³/mol. The molecular weight excluding hydrogens is 335 g/mol. The molecule has 0 amide bonds. The minimum Gasteiger partial charge on any atom is -0.341 e. The van der Waals surface area contributed by atoms with Gasteiger partial charge in [-0.3, -0.25) is 4.79 Å². The number of aromatic nitrogens is 2. The second-order valence-corrected chi connectivity index (χ2v) is 6.65. The van der Waals surface area contributed by atoms with Gasteiger partial charge in [-0.25, -0.2) is 9.37 Å². The van der Waals surface area contributed by atoms with Crippen LogP contribution < -0.4 is 0 Å². The Balaban J connectivity index is 1.61. The normalized spacial score (nSPS) is 11.1. The molecule has 0 radical (unpaired) electrons. The molecule has 1 aromatic heterocycles. The fraction of sp³-hybridized carbons (Fsp3) is 0.176. The summed E-state index contributed by atoms with van der Waals surface area (Å²) in [6, 6.07) is 9.91. The van der Waals surface area contributed by atoms with Gasteiger partial charge in [0, 0.05) is 10.6 Å². The van der Waals surface area contributed by atoms with Gasteiger partial charge < -0.3 is 4.98 Å². The van der Waals surface area contributed by atoms with Gasteiger partial charge in [0.15, 0.2) is 5.78 Å². The molecule has 0 aliphatic heterocycles. The smallest absolute Gasteiger partial charge is 0.172 e. The Morgan fingerprint density at radius 2 is 2.13 bits per heavy atom. The van der Waals surface area contributed by atoms with Crippen molar-refractivity contribution in [2.24, 2.45) is 0 Å². The molecule has 2 aromatic carbocycles. The van der Waals surface area contributed by atoms with Crippen LogP contribution in [0.5, 0.6) is 0 Å². The zero-order chi connectivity index (χ0) is 16.4. The minimum atomic E-state index is -0.296. The Morgan fingerprint density at radius 3 is 2.91 bits per heavy atom. The number of rotatable bonds is 5. The number of hydrogen-bond donors (Lipinski definition) is 1. The van der Waals surface area contributed by atoms with Crippen molar-refractivity contribution in [2.45, 2.75) is 12.7 Å². The summed E-state index contributed by atoms with van der Waals surface area (Å²) in [5, 5.41) is 0.655. The van der Waals surface area contributed by atoms with Crippen LogP contribution in [0.2, 0.25) is 5.02 Å². The Labute approximate surface area is 142 Å². The first-order chi connectivity index (χ1) is 11.0. The molecule has 0 bridgehead atoms. The van der Waals surface area contributed by atoms with E-state index in [1.165, 1.54) is 23.9 Å². The van der Waals surface area contributed by atoms with E-state index in [1.807, 2.05) is 12.1 Å². The number of H-pyrrole nitrogens is 1. The molecule has 0 unspecified atom stereocenters. The van der Waals surface area contributed by atoms with Crippen LogP contribution >= 0.6 is 23.4 Å². The van der Waals surface area contributed by atoms with Crippen molar-refractivity contribution in [3.63, 3.8) is 0 Å². The number of ketones is 1. The summed E-state index contributed by atoms with van der Waals surface area (Å²) in [6.45, 7) is 1.65. The standard InChI is InChI=1S/C17H14ClFN2OS/c1-10-6-11(2-4-13(10)19)16(22)8-23-9-17-20-14-5-3-12(18)7-15(14)21-17/h2-7H,8-9H2,1H3,(H,20,21). The maximum atomic E-state index is 13.2. The van der Waals surface area contributed by atoms with Crippen LogP contribution in [-0.2, 0) is 5.75 Å². The van der Waals surface area contributed by atoms with Crippen molar-refractivity contribution in [3.8, 4) is 0 Å². The van der Waals surface area contributed by atoms with Gasteiger partial charge in [-0.05, 0) is 48.9 Å². The molecule has 23 heavy (non-hydrogen) atoms. The number of carbonyl (C=O) groups excluding carboxylic acids is 1. The molecule has 0 atom stereocenters. The minimum absolute atomic E-state index is 0.0164. The van der Waals surface area contributed by atoms with Crippen molar-refractivity contribution in [2.75, 3.05) is 5.75 Å². The summed E-state index contributed by atoms with van der Waals surface area (Å²) in [5.41, 5.74) is 2.75. The number of thioether (sulfide) groups is 1. The maximum absolute atomic E-state index is 13.2. The predicted octanol–water partition coefficient (Wildman–Crippen LogP) is 4.78. The van der Waals surface area contributed by atoms with Gasteiger partial charge in [-0.1, -0.05) is 11.6 Å². The van der Waals surface area contributed by atoms with E-state index in [2.05, 4.69) is 9.97 Å². The van der Waals surface area contributed by atoms with E-state index in [1.54, 1.807) is 19.1 Å². The van der Waals surface area contributed by atoms with E-state index >= 15 is 0 Å². The second-order valence-electron chi connectivity index (χ2n) is 5.22. The Bertz CT molecular complexity index is 878. The van der Waals surface area contributed by atoms with Gasteiger partial charge in [-0.2, -0.15) is 0 Å². The van der Waals surface area contributed by atoms with Crippen LogP contribution in [-0.4, -0.2) is 21.5 Å². The molecule has 0 aliphatic rings. The third-order valence-electron chi connectivity index (χ3n) is 3.44. The summed E-state index contributed by atoms with van der Waals surface area (Å²) < 4.78 is 13.2. The highest BCUT2D eigenvalue weighted by Crippen LogP contribution is 2.20. The lowest BCUT2D eigenvalue weighted by Gasteiger charge is -2.02. The number of carbonyl (C=O) groups is 1. The van der Waals surface area contributed by atoms with Crippen LogP contribution in [0.15, 0.2) is 36.4 Å². The molecule has 0 spiro atoms. The Morgan fingerprint density at radius 1 is 1.30 bits per heavy atom. The van der Waals surface area contributed by atoms with Crippen LogP contribution in [0.4, 0.5) is 4.39 Å². The number of aromatic amines is 1. The van der Waals surface area contributed by atoms with E-state index in [-0.39, 0.29) is 11.6 Å². The van der Waals surface area contributed by atoms with Gasteiger partial charge in [0.25, 0.3) is 0 Å². The van der Waals surface area contributed by atoms with Gasteiger partial charge in [0.1, 0.15) is 11.6 Å². The van der Waals surface area contributed by atoms with E-state index in [9.17, 15) is 9.18 Å².